The van der Waals surface area contributed by atoms with Gasteiger partial charge in [-0.3, -0.25) is 4.98 Å². The standard InChI is InChI=1S/C21H21N5O2/c1-27-18-6-2-5-15-16(18)10-17-19(15)20(26-9-7-13(22)12-26)25-21(24-17)28-14-4-3-8-23-11-14/h2-6,8,11,13H,7,9-10,12,22H2,1H3/t13-/m0/s1. The molecule has 3 aromatic rings. The minimum Gasteiger partial charge on any atom is -0.496 e. The molecule has 0 unspecified atom stereocenters. The minimum absolute atomic E-state index is 0.152. The van der Waals surface area contributed by atoms with Crippen molar-refractivity contribution < 1.29 is 9.47 Å². The first-order valence-electron chi connectivity index (χ1n) is 9.38. The summed E-state index contributed by atoms with van der Waals surface area (Å²) in [7, 11) is 1.70. The van der Waals surface area contributed by atoms with Gasteiger partial charge in [0.15, 0.2) is 0 Å². The second-order valence-corrected chi connectivity index (χ2v) is 7.10. The molecule has 7 nitrogen and oxygen atoms in total. The molecule has 1 atom stereocenters. The van der Waals surface area contributed by atoms with Crippen LogP contribution in [0.5, 0.6) is 17.5 Å². The zero-order valence-electron chi connectivity index (χ0n) is 15.6. The van der Waals surface area contributed by atoms with Crippen LogP contribution in [0.25, 0.3) is 11.1 Å². The summed E-state index contributed by atoms with van der Waals surface area (Å²) in [6, 6.07) is 10.2. The lowest BCUT2D eigenvalue weighted by Gasteiger charge is -2.21. The van der Waals surface area contributed by atoms with E-state index in [1.165, 1.54) is 0 Å². The van der Waals surface area contributed by atoms with Crippen LogP contribution in [0.15, 0.2) is 42.7 Å². The summed E-state index contributed by atoms with van der Waals surface area (Å²) < 4.78 is 11.5. The van der Waals surface area contributed by atoms with Crippen molar-refractivity contribution in [2.75, 3.05) is 25.1 Å². The Morgan fingerprint density at radius 2 is 2.11 bits per heavy atom. The number of pyridine rings is 1. The van der Waals surface area contributed by atoms with Crippen LogP contribution >= 0.6 is 0 Å². The number of nitrogens with zero attached hydrogens (tertiary/aromatic N) is 4. The number of benzene rings is 1. The van der Waals surface area contributed by atoms with E-state index in [0.717, 1.165) is 53.5 Å². The molecular weight excluding hydrogens is 354 g/mol. The molecule has 1 fully saturated rings. The van der Waals surface area contributed by atoms with E-state index >= 15 is 0 Å². The number of hydrogen-bond donors (Lipinski definition) is 1. The third-order valence-corrected chi connectivity index (χ3v) is 5.28. The van der Waals surface area contributed by atoms with Crippen molar-refractivity contribution in [3.05, 3.63) is 54.0 Å². The van der Waals surface area contributed by atoms with Gasteiger partial charge in [-0.1, -0.05) is 12.1 Å². The Morgan fingerprint density at radius 1 is 1.18 bits per heavy atom. The van der Waals surface area contributed by atoms with E-state index in [1.807, 2.05) is 24.3 Å². The van der Waals surface area contributed by atoms with E-state index in [2.05, 4.69) is 16.0 Å². The quantitative estimate of drug-likeness (QED) is 0.587. The zero-order chi connectivity index (χ0) is 19.1. The van der Waals surface area contributed by atoms with Gasteiger partial charge < -0.3 is 20.1 Å². The summed E-state index contributed by atoms with van der Waals surface area (Å²) in [6.45, 7) is 1.64. The molecule has 1 aromatic carbocycles. The molecule has 7 heteroatoms. The maximum atomic E-state index is 6.16. The lowest BCUT2D eigenvalue weighted by molar-refractivity contribution is 0.411. The Hall–Kier alpha value is -3.19. The number of rotatable bonds is 4. The van der Waals surface area contributed by atoms with E-state index < -0.39 is 0 Å². The van der Waals surface area contributed by atoms with Crippen molar-refractivity contribution in [3.8, 4) is 28.6 Å². The van der Waals surface area contributed by atoms with Crippen molar-refractivity contribution in [2.45, 2.75) is 18.9 Å². The fourth-order valence-corrected chi connectivity index (χ4v) is 3.98. The predicted octanol–water partition coefficient (Wildman–Crippen LogP) is 2.78. The molecule has 2 N–H and O–H groups in total. The van der Waals surface area contributed by atoms with Gasteiger partial charge in [-0.15, -0.1) is 0 Å². The van der Waals surface area contributed by atoms with Crippen molar-refractivity contribution in [1.82, 2.24) is 15.0 Å². The normalized spacial score (nSPS) is 17.4. The highest BCUT2D eigenvalue weighted by Crippen LogP contribution is 2.45. The molecular formula is C21H21N5O2. The number of fused-ring (bicyclic) bond motifs is 3. The van der Waals surface area contributed by atoms with Crippen LogP contribution in [-0.4, -0.2) is 41.2 Å². The molecule has 2 aromatic heterocycles. The largest absolute Gasteiger partial charge is 0.496 e. The van der Waals surface area contributed by atoms with Gasteiger partial charge in [-0.2, -0.15) is 9.97 Å². The minimum atomic E-state index is 0.152. The second kappa shape index (κ2) is 6.76. The highest BCUT2D eigenvalue weighted by molar-refractivity contribution is 5.86. The summed E-state index contributed by atoms with van der Waals surface area (Å²) in [5.41, 5.74) is 10.4. The predicted molar refractivity (Wildman–Crippen MR) is 106 cm³/mol. The van der Waals surface area contributed by atoms with Gasteiger partial charge >= 0.3 is 6.01 Å². The number of nitrogens with two attached hydrogens (primary N) is 1. The van der Waals surface area contributed by atoms with Gasteiger partial charge in [0, 0.05) is 42.9 Å². The molecule has 0 radical (unpaired) electrons. The van der Waals surface area contributed by atoms with E-state index in [4.69, 9.17) is 25.2 Å². The summed E-state index contributed by atoms with van der Waals surface area (Å²) in [5, 5.41) is 0. The molecule has 0 spiro atoms. The van der Waals surface area contributed by atoms with Gasteiger partial charge in [-0.05, 0) is 30.2 Å². The molecule has 1 saturated heterocycles. The number of hydrogen-bond acceptors (Lipinski definition) is 7. The second-order valence-electron chi connectivity index (χ2n) is 7.10. The molecule has 142 valence electrons. The molecule has 1 aliphatic heterocycles. The third-order valence-electron chi connectivity index (χ3n) is 5.28. The van der Waals surface area contributed by atoms with Gasteiger partial charge in [-0.25, -0.2) is 0 Å². The molecule has 3 heterocycles. The average Bonchev–Trinajstić information content (AvgIpc) is 3.31. The van der Waals surface area contributed by atoms with Crippen LogP contribution in [-0.2, 0) is 6.42 Å². The van der Waals surface area contributed by atoms with Crippen LogP contribution in [0.3, 0.4) is 0 Å². The highest BCUT2D eigenvalue weighted by atomic mass is 16.5. The molecule has 28 heavy (non-hydrogen) atoms. The molecule has 1 aliphatic carbocycles. The van der Waals surface area contributed by atoms with Crippen LogP contribution in [0.4, 0.5) is 5.82 Å². The molecule has 5 rings (SSSR count). The maximum absolute atomic E-state index is 6.16. The van der Waals surface area contributed by atoms with Crippen LogP contribution in [0.2, 0.25) is 0 Å². The number of anilines is 1. The van der Waals surface area contributed by atoms with Crippen LogP contribution < -0.4 is 20.1 Å². The van der Waals surface area contributed by atoms with E-state index in [9.17, 15) is 0 Å². The van der Waals surface area contributed by atoms with E-state index in [0.29, 0.717) is 18.2 Å². The smallest absolute Gasteiger partial charge is 0.324 e. The topological polar surface area (TPSA) is 86.4 Å². The number of ether oxygens (including phenoxy) is 2. The molecule has 0 amide bonds. The third kappa shape index (κ3) is 2.84. The lowest BCUT2D eigenvalue weighted by atomic mass is 10.1. The first kappa shape index (κ1) is 16.9. The summed E-state index contributed by atoms with van der Waals surface area (Å²) >= 11 is 0. The molecule has 2 aliphatic rings. The van der Waals surface area contributed by atoms with Crippen LogP contribution in [0, 0.1) is 0 Å². The Bertz CT molecular complexity index is 1020. The van der Waals surface area contributed by atoms with Crippen molar-refractivity contribution in [3.63, 3.8) is 0 Å². The summed E-state index contributed by atoms with van der Waals surface area (Å²) in [6.07, 6.45) is 4.99. The Morgan fingerprint density at radius 3 is 2.86 bits per heavy atom. The fourth-order valence-electron chi connectivity index (χ4n) is 3.98. The van der Waals surface area contributed by atoms with Crippen LogP contribution in [0.1, 0.15) is 17.7 Å². The summed E-state index contributed by atoms with van der Waals surface area (Å²) in [5.74, 6) is 2.36. The Labute approximate surface area is 163 Å². The molecule has 0 saturated carbocycles. The first-order chi connectivity index (χ1) is 13.7. The maximum Gasteiger partial charge on any atom is 0.324 e. The van der Waals surface area contributed by atoms with Crippen molar-refractivity contribution in [1.29, 1.82) is 0 Å². The lowest BCUT2D eigenvalue weighted by Crippen LogP contribution is -2.27. The number of aromatic nitrogens is 3. The zero-order valence-corrected chi connectivity index (χ0v) is 15.6. The SMILES string of the molecule is COc1cccc2c1Cc1nc(Oc3cccnc3)nc(N3CC[C@H](N)C3)c1-2. The van der Waals surface area contributed by atoms with Crippen molar-refractivity contribution >= 4 is 5.82 Å². The van der Waals surface area contributed by atoms with E-state index in [-0.39, 0.29) is 6.04 Å². The Kier molecular flexibility index (Phi) is 4.09. The van der Waals surface area contributed by atoms with Crippen molar-refractivity contribution in [2.24, 2.45) is 5.73 Å². The fraction of sp³-hybridized carbons (Fsp3) is 0.286. The van der Waals surface area contributed by atoms with Gasteiger partial charge in [0.25, 0.3) is 0 Å². The van der Waals surface area contributed by atoms with Gasteiger partial charge in [0.1, 0.15) is 17.3 Å². The monoisotopic (exact) mass is 375 g/mol. The molecule has 0 bridgehead atoms. The number of methoxy groups -OCH3 is 1. The van der Waals surface area contributed by atoms with Gasteiger partial charge in [0.2, 0.25) is 0 Å². The Balaban J connectivity index is 1.63. The first-order valence-corrected chi connectivity index (χ1v) is 9.38. The highest BCUT2D eigenvalue weighted by Gasteiger charge is 2.32. The summed E-state index contributed by atoms with van der Waals surface area (Å²) in [4.78, 5) is 15.8. The average molecular weight is 375 g/mol. The van der Waals surface area contributed by atoms with Gasteiger partial charge in [0.05, 0.1) is 19.0 Å². The van der Waals surface area contributed by atoms with E-state index in [1.54, 1.807) is 19.5 Å².